The average Bonchev–Trinajstić information content (AvgIpc) is 2.76. The number of nitrogens with one attached hydrogen (secondary N) is 1. The first kappa shape index (κ1) is 13.2. The molecule has 0 radical (unpaired) electrons. The Morgan fingerprint density at radius 2 is 2.27 bits per heavy atom. The second-order valence-electron chi connectivity index (χ2n) is 4.47. The van der Waals surface area contributed by atoms with Gasteiger partial charge in [0.15, 0.2) is 0 Å². The van der Waals surface area contributed by atoms with Crippen molar-refractivity contribution >= 4 is 12.4 Å². The number of alkyl halides is 1. The summed E-state index contributed by atoms with van der Waals surface area (Å²) in [5.74, 6) is 0. The van der Waals surface area contributed by atoms with E-state index in [-0.39, 0.29) is 18.4 Å². The van der Waals surface area contributed by atoms with Crippen molar-refractivity contribution in [3.8, 4) is 0 Å². The van der Waals surface area contributed by atoms with Crippen LogP contribution in [0.1, 0.15) is 19.3 Å². The highest BCUT2D eigenvalue weighted by Crippen LogP contribution is 2.21. The summed E-state index contributed by atoms with van der Waals surface area (Å²) in [5, 5.41) is 3.44. The zero-order valence-electron chi connectivity index (χ0n) is 8.99. The van der Waals surface area contributed by atoms with Gasteiger partial charge in [0, 0.05) is 31.7 Å². The molecule has 2 saturated heterocycles. The lowest BCUT2D eigenvalue weighted by molar-refractivity contribution is 0.226. The van der Waals surface area contributed by atoms with Crippen molar-refractivity contribution in [2.24, 2.45) is 5.73 Å². The molecule has 3 atom stereocenters. The summed E-state index contributed by atoms with van der Waals surface area (Å²) in [5.41, 5.74) is 5.63. The fourth-order valence-corrected chi connectivity index (χ4v) is 2.59. The highest BCUT2D eigenvalue weighted by atomic mass is 35.5. The second kappa shape index (κ2) is 5.99. The van der Waals surface area contributed by atoms with E-state index in [1.165, 1.54) is 12.8 Å². The molecule has 2 aliphatic rings. The zero-order valence-corrected chi connectivity index (χ0v) is 9.81. The molecule has 2 heterocycles. The first-order valence-corrected chi connectivity index (χ1v) is 5.61. The third kappa shape index (κ3) is 3.28. The molecule has 0 aromatic rings. The van der Waals surface area contributed by atoms with E-state index in [0.717, 1.165) is 13.1 Å². The molecule has 15 heavy (non-hydrogen) atoms. The number of nitrogens with two attached hydrogens (primary N) is 1. The molecule has 2 rings (SSSR count). The Kier molecular flexibility index (Phi) is 5.26. The summed E-state index contributed by atoms with van der Waals surface area (Å²) < 4.78 is 13.2. The van der Waals surface area contributed by atoms with Crippen LogP contribution in [0.4, 0.5) is 4.39 Å². The molecule has 0 spiro atoms. The van der Waals surface area contributed by atoms with Crippen LogP contribution in [0.3, 0.4) is 0 Å². The van der Waals surface area contributed by atoms with Crippen molar-refractivity contribution < 1.29 is 4.39 Å². The van der Waals surface area contributed by atoms with Gasteiger partial charge in [0.1, 0.15) is 6.17 Å². The van der Waals surface area contributed by atoms with Crippen LogP contribution in [0, 0.1) is 0 Å². The maximum atomic E-state index is 13.2. The molecule has 0 saturated carbocycles. The summed E-state index contributed by atoms with van der Waals surface area (Å²) in [6.07, 6.45) is 2.45. The van der Waals surface area contributed by atoms with Crippen molar-refractivity contribution in [1.82, 2.24) is 10.2 Å². The molecular weight excluding hydrogens is 217 g/mol. The average molecular weight is 238 g/mol. The van der Waals surface area contributed by atoms with E-state index in [2.05, 4.69) is 10.2 Å². The van der Waals surface area contributed by atoms with Crippen molar-refractivity contribution in [2.45, 2.75) is 37.5 Å². The van der Waals surface area contributed by atoms with Gasteiger partial charge in [0.05, 0.1) is 0 Å². The zero-order chi connectivity index (χ0) is 9.97. The number of halogens is 2. The van der Waals surface area contributed by atoms with Crippen LogP contribution in [0.25, 0.3) is 0 Å². The van der Waals surface area contributed by atoms with E-state index in [4.69, 9.17) is 5.73 Å². The third-order valence-electron chi connectivity index (χ3n) is 3.37. The Morgan fingerprint density at radius 3 is 2.87 bits per heavy atom. The predicted molar refractivity (Wildman–Crippen MR) is 62.2 cm³/mol. The third-order valence-corrected chi connectivity index (χ3v) is 3.37. The minimum atomic E-state index is -0.662. The number of hydrogen-bond donors (Lipinski definition) is 2. The molecule has 5 heteroatoms. The normalized spacial score (nSPS) is 36.8. The van der Waals surface area contributed by atoms with Crippen molar-refractivity contribution in [3.05, 3.63) is 0 Å². The summed E-state index contributed by atoms with van der Waals surface area (Å²) in [4.78, 5) is 2.22. The van der Waals surface area contributed by atoms with E-state index < -0.39 is 6.17 Å². The lowest BCUT2D eigenvalue weighted by atomic mass is 10.2. The summed E-state index contributed by atoms with van der Waals surface area (Å²) in [7, 11) is 0. The van der Waals surface area contributed by atoms with Crippen LogP contribution in [-0.2, 0) is 0 Å². The number of likely N-dealkylation sites (tertiary alicyclic amines) is 1. The lowest BCUT2D eigenvalue weighted by Crippen LogP contribution is -2.43. The Bertz CT molecular complexity index is 188. The highest BCUT2D eigenvalue weighted by Gasteiger charge is 2.32. The van der Waals surface area contributed by atoms with E-state index in [9.17, 15) is 4.39 Å². The van der Waals surface area contributed by atoms with Crippen molar-refractivity contribution in [1.29, 1.82) is 0 Å². The van der Waals surface area contributed by atoms with Gasteiger partial charge in [-0.15, -0.1) is 12.4 Å². The van der Waals surface area contributed by atoms with Crippen molar-refractivity contribution in [3.63, 3.8) is 0 Å². The maximum absolute atomic E-state index is 13.2. The smallest absolute Gasteiger partial charge is 0.114 e. The topological polar surface area (TPSA) is 41.3 Å². The summed E-state index contributed by atoms with van der Waals surface area (Å²) in [6.45, 7) is 3.26. The minimum absolute atomic E-state index is 0. The quantitative estimate of drug-likeness (QED) is 0.753. The van der Waals surface area contributed by atoms with Gasteiger partial charge < -0.3 is 11.1 Å². The molecule has 0 bridgehead atoms. The van der Waals surface area contributed by atoms with Gasteiger partial charge in [-0.1, -0.05) is 0 Å². The van der Waals surface area contributed by atoms with E-state index >= 15 is 0 Å². The number of hydrogen-bond acceptors (Lipinski definition) is 3. The van der Waals surface area contributed by atoms with E-state index in [0.29, 0.717) is 25.6 Å². The van der Waals surface area contributed by atoms with Gasteiger partial charge in [-0.2, -0.15) is 0 Å². The SMILES string of the molecule is Cl.NC[C@@H]1C[C@H](F)CN1C[C@@H]1CCCN1. The molecule has 0 amide bonds. The fourth-order valence-electron chi connectivity index (χ4n) is 2.59. The van der Waals surface area contributed by atoms with Gasteiger partial charge in [-0.05, 0) is 25.8 Å². The van der Waals surface area contributed by atoms with Gasteiger partial charge in [-0.25, -0.2) is 4.39 Å². The molecule has 3 nitrogen and oxygen atoms in total. The van der Waals surface area contributed by atoms with Crippen LogP contribution in [0.2, 0.25) is 0 Å². The molecule has 90 valence electrons. The first-order chi connectivity index (χ1) is 6.79. The fraction of sp³-hybridized carbons (Fsp3) is 1.00. The molecule has 0 aliphatic carbocycles. The summed E-state index contributed by atoms with van der Waals surface area (Å²) in [6, 6.07) is 0.835. The maximum Gasteiger partial charge on any atom is 0.114 e. The first-order valence-electron chi connectivity index (χ1n) is 5.61. The molecule has 3 N–H and O–H groups in total. The molecule has 2 aliphatic heterocycles. The largest absolute Gasteiger partial charge is 0.329 e. The van der Waals surface area contributed by atoms with Crippen LogP contribution in [0.5, 0.6) is 0 Å². The Hall–Kier alpha value is 0.1000. The Morgan fingerprint density at radius 1 is 1.47 bits per heavy atom. The highest BCUT2D eigenvalue weighted by molar-refractivity contribution is 5.85. The number of nitrogens with zero attached hydrogens (tertiary/aromatic N) is 1. The molecule has 0 aromatic carbocycles. The number of rotatable bonds is 3. The van der Waals surface area contributed by atoms with Crippen molar-refractivity contribution in [2.75, 3.05) is 26.2 Å². The van der Waals surface area contributed by atoms with Gasteiger partial charge in [0.2, 0.25) is 0 Å². The molecule has 2 fully saturated rings. The lowest BCUT2D eigenvalue weighted by Gasteiger charge is -2.25. The molecular formula is C10H21ClFN3. The van der Waals surface area contributed by atoms with Gasteiger partial charge >= 0.3 is 0 Å². The van der Waals surface area contributed by atoms with Crippen LogP contribution in [-0.4, -0.2) is 49.3 Å². The van der Waals surface area contributed by atoms with Crippen LogP contribution in [0.15, 0.2) is 0 Å². The Labute approximate surface area is 97.0 Å². The standard InChI is InChI=1S/C10H20FN3.ClH/c11-8-4-10(5-12)14(6-8)7-9-2-1-3-13-9;/h8-10,13H,1-7,12H2;1H/t8-,9-,10-;/m0./s1. The van der Waals surface area contributed by atoms with E-state index in [1.54, 1.807) is 0 Å². The van der Waals surface area contributed by atoms with Crippen LogP contribution >= 0.6 is 12.4 Å². The Balaban J connectivity index is 0.00000112. The summed E-state index contributed by atoms with van der Waals surface area (Å²) >= 11 is 0. The van der Waals surface area contributed by atoms with Gasteiger partial charge in [-0.3, -0.25) is 4.90 Å². The monoisotopic (exact) mass is 237 g/mol. The predicted octanol–water partition coefficient (Wildman–Crippen LogP) is 0.531. The van der Waals surface area contributed by atoms with Crippen LogP contribution < -0.4 is 11.1 Å². The second-order valence-corrected chi connectivity index (χ2v) is 4.47. The molecule has 0 aromatic heterocycles. The van der Waals surface area contributed by atoms with Gasteiger partial charge in [0.25, 0.3) is 0 Å². The molecule has 0 unspecified atom stereocenters. The minimum Gasteiger partial charge on any atom is -0.329 e. The van der Waals surface area contributed by atoms with E-state index in [1.807, 2.05) is 0 Å².